The van der Waals surface area contributed by atoms with Crippen molar-refractivity contribution in [2.24, 2.45) is 5.92 Å². The Kier molecular flexibility index (Phi) is 5.84. The van der Waals surface area contributed by atoms with Crippen LogP contribution >= 0.6 is 0 Å². The molecule has 3 rings (SSSR count). The first-order chi connectivity index (χ1) is 13.0. The number of nitrogens with zero attached hydrogens (tertiary/aromatic N) is 1. The summed E-state index contributed by atoms with van der Waals surface area (Å²) in [4.78, 5) is 25.4. The summed E-state index contributed by atoms with van der Waals surface area (Å²) in [5.41, 5.74) is 1.31. The number of benzene rings is 2. The van der Waals surface area contributed by atoms with Crippen LogP contribution in [0.5, 0.6) is 0 Å². The van der Waals surface area contributed by atoms with Gasteiger partial charge in [-0.25, -0.2) is 8.78 Å². The fourth-order valence-electron chi connectivity index (χ4n) is 3.34. The van der Waals surface area contributed by atoms with Crippen molar-refractivity contribution in [1.82, 2.24) is 4.90 Å². The fourth-order valence-corrected chi connectivity index (χ4v) is 3.34. The van der Waals surface area contributed by atoms with Crippen LogP contribution in [0.1, 0.15) is 36.3 Å². The second-order valence-corrected chi connectivity index (χ2v) is 6.86. The number of rotatable bonds is 8. The first kappa shape index (κ1) is 19.0. The van der Waals surface area contributed by atoms with Crippen LogP contribution in [0.2, 0.25) is 0 Å². The molecule has 1 amide bonds. The van der Waals surface area contributed by atoms with Crippen molar-refractivity contribution in [2.75, 3.05) is 6.54 Å². The van der Waals surface area contributed by atoms with Gasteiger partial charge in [0, 0.05) is 31.5 Å². The van der Waals surface area contributed by atoms with Crippen LogP contribution in [0, 0.1) is 17.6 Å². The Morgan fingerprint density at radius 1 is 1.11 bits per heavy atom. The van der Waals surface area contributed by atoms with E-state index >= 15 is 0 Å². The molecule has 0 heterocycles. The normalized spacial score (nSPS) is 18.1. The summed E-state index contributed by atoms with van der Waals surface area (Å²) >= 11 is 0. The van der Waals surface area contributed by atoms with Crippen LogP contribution in [-0.4, -0.2) is 28.4 Å². The van der Waals surface area contributed by atoms with Gasteiger partial charge in [0.15, 0.2) is 0 Å². The van der Waals surface area contributed by atoms with Crippen LogP contribution in [-0.2, 0) is 16.1 Å². The molecule has 0 saturated heterocycles. The third kappa shape index (κ3) is 4.90. The lowest BCUT2D eigenvalue weighted by molar-refractivity contribution is -0.138. The first-order valence-electron chi connectivity index (χ1n) is 8.95. The van der Waals surface area contributed by atoms with Crippen LogP contribution in [0.4, 0.5) is 8.78 Å². The number of carbonyl (C=O) groups excluding carboxylic acids is 1. The van der Waals surface area contributed by atoms with Gasteiger partial charge in [0.2, 0.25) is 5.91 Å². The van der Waals surface area contributed by atoms with Crippen molar-refractivity contribution in [3.8, 4) is 0 Å². The molecule has 2 aromatic rings. The van der Waals surface area contributed by atoms with E-state index in [9.17, 15) is 18.4 Å². The summed E-state index contributed by atoms with van der Waals surface area (Å²) in [6.45, 7) is 0.712. The van der Waals surface area contributed by atoms with Gasteiger partial charge in [0.05, 0.1) is 0 Å². The minimum absolute atomic E-state index is 0.0146. The molecule has 1 fully saturated rings. The maximum absolute atomic E-state index is 14.0. The predicted molar refractivity (Wildman–Crippen MR) is 95.9 cm³/mol. The van der Waals surface area contributed by atoms with Gasteiger partial charge in [-0.15, -0.1) is 0 Å². The zero-order chi connectivity index (χ0) is 19.4. The molecular weight excluding hydrogens is 352 g/mol. The van der Waals surface area contributed by atoms with Crippen LogP contribution < -0.4 is 0 Å². The van der Waals surface area contributed by atoms with Gasteiger partial charge in [0.25, 0.3) is 0 Å². The summed E-state index contributed by atoms with van der Waals surface area (Å²) in [5.74, 6) is -2.89. The van der Waals surface area contributed by atoms with Gasteiger partial charge in [0.1, 0.15) is 11.6 Å². The van der Waals surface area contributed by atoms with Crippen LogP contribution in [0.15, 0.2) is 48.5 Å². The largest absolute Gasteiger partial charge is 0.481 e. The number of hydrogen-bond acceptors (Lipinski definition) is 2. The average Bonchev–Trinajstić information content (AvgIpc) is 3.41. The molecule has 0 aromatic heterocycles. The lowest BCUT2D eigenvalue weighted by Crippen LogP contribution is -2.33. The quantitative estimate of drug-likeness (QED) is 0.762. The molecule has 0 bridgehead atoms. The minimum Gasteiger partial charge on any atom is -0.481 e. The van der Waals surface area contributed by atoms with E-state index in [2.05, 4.69) is 0 Å². The summed E-state index contributed by atoms with van der Waals surface area (Å²) in [6, 6.07) is 12.9. The number of carboxylic acids is 1. The van der Waals surface area contributed by atoms with Crippen molar-refractivity contribution in [3.63, 3.8) is 0 Å². The van der Waals surface area contributed by atoms with Crippen LogP contribution in [0.3, 0.4) is 0 Å². The minimum atomic E-state index is -0.903. The van der Waals surface area contributed by atoms with Crippen molar-refractivity contribution >= 4 is 11.9 Å². The van der Waals surface area contributed by atoms with Gasteiger partial charge in [-0.2, -0.15) is 0 Å². The Hall–Kier alpha value is -2.76. The molecule has 1 aliphatic carbocycles. The molecule has 4 nitrogen and oxygen atoms in total. The Bertz CT molecular complexity index is 825. The average molecular weight is 373 g/mol. The summed E-state index contributed by atoms with van der Waals surface area (Å²) in [5, 5.41) is 8.84. The number of halogens is 2. The van der Waals surface area contributed by atoms with Gasteiger partial charge in [-0.1, -0.05) is 36.4 Å². The molecule has 6 heteroatoms. The van der Waals surface area contributed by atoms with E-state index < -0.39 is 17.6 Å². The molecular formula is C21H21F2NO3. The Morgan fingerprint density at radius 3 is 2.52 bits per heavy atom. The highest BCUT2D eigenvalue weighted by Crippen LogP contribution is 2.49. The number of carboxylic acid groups (broad SMARTS) is 1. The standard InChI is InChI=1S/C21H21F2NO3/c22-15-8-9-16(19(23)11-15)17-12-18(17)21(27)24(10-4-7-20(25)26)13-14-5-2-1-3-6-14/h1-3,5-6,8-9,11,17-18H,4,7,10,12-13H2,(H,25,26). The molecule has 142 valence electrons. The Morgan fingerprint density at radius 2 is 1.85 bits per heavy atom. The van der Waals surface area contributed by atoms with Crippen molar-refractivity contribution in [3.05, 3.63) is 71.3 Å². The third-order valence-electron chi connectivity index (χ3n) is 4.82. The maximum Gasteiger partial charge on any atom is 0.303 e. The molecule has 0 aliphatic heterocycles. The summed E-state index contributed by atoms with van der Waals surface area (Å²) < 4.78 is 27.1. The lowest BCUT2D eigenvalue weighted by atomic mass is 10.1. The van der Waals surface area contributed by atoms with E-state index in [1.54, 1.807) is 4.90 Å². The monoisotopic (exact) mass is 373 g/mol. The van der Waals surface area contributed by atoms with Gasteiger partial charge in [-0.3, -0.25) is 9.59 Å². The van der Waals surface area contributed by atoms with E-state index in [1.807, 2.05) is 30.3 Å². The van der Waals surface area contributed by atoms with E-state index in [0.717, 1.165) is 11.6 Å². The SMILES string of the molecule is O=C(O)CCCN(Cc1ccccc1)C(=O)C1CC1c1ccc(F)cc1F. The van der Waals surface area contributed by atoms with E-state index in [0.29, 0.717) is 31.5 Å². The fraction of sp³-hybridized carbons (Fsp3) is 0.333. The van der Waals surface area contributed by atoms with E-state index in [-0.39, 0.29) is 24.2 Å². The molecule has 2 atom stereocenters. The highest BCUT2D eigenvalue weighted by molar-refractivity contribution is 5.83. The number of carbonyl (C=O) groups is 2. The molecule has 0 spiro atoms. The van der Waals surface area contributed by atoms with Crippen LogP contribution in [0.25, 0.3) is 0 Å². The predicted octanol–water partition coefficient (Wildman–Crippen LogP) is 3.96. The first-order valence-corrected chi connectivity index (χ1v) is 8.95. The molecule has 1 aliphatic rings. The number of amides is 1. The number of aliphatic carboxylic acids is 1. The molecule has 2 unspecified atom stereocenters. The van der Waals surface area contributed by atoms with Crippen molar-refractivity contribution < 1.29 is 23.5 Å². The van der Waals surface area contributed by atoms with Gasteiger partial charge >= 0.3 is 5.97 Å². The smallest absolute Gasteiger partial charge is 0.303 e. The topological polar surface area (TPSA) is 57.6 Å². The van der Waals surface area contributed by atoms with Gasteiger partial charge < -0.3 is 10.0 Å². The second-order valence-electron chi connectivity index (χ2n) is 6.86. The highest BCUT2D eigenvalue weighted by Gasteiger charge is 2.46. The van der Waals surface area contributed by atoms with Crippen molar-refractivity contribution in [1.29, 1.82) is 0 Å². The van der Waals surface area contributed by atoms with Gasteiger partial charge in [-0.05, 0) is 36.0 Å². The van der Waals surface area contributed by atoms with E-state index in [1.165, 1.54) is 12.1 Å². The maximum atomic E-state index is 14.0. The second kappa shape index (κ2) is 8.29. The summed E-state index contributed by atoms with van der Waals surface area (Å²) in [6.07, 6.45) is 0.862. The zero-order valence-electron chi connectivity index (χ0n) is 14.8. The third-order valence-corrected chi connectivity index (χ3v) is 4.82. The number of hydrogen-bond donors (Lipinski definition) is 1. The zero-order valence-corrected chi connectivity index (χ0v) is 14.8. The molecule has 27 heavy (non-hydrogen) atoms. The van der Waals surface area contributed by atoms with Crippen molar-refractivity contribution in [2.45, 2.75) is 31.7 Å². The molecule has 1 saturated carbocycles. The Labute approximate surface area is 156 Å². The molecule has 1 N–H and O–H groups in total. The van der Waals surface area contributed by atoms with E-state index in [4.69, 9.17) is 5.11 Å². The Balaban J connectivity index is 1.69. The highest BCUT2D eigenvalue weighted by atomic mass is 19.1. The summed E-state index contributed by atoms with van der Waals surface area (Å²) in [7, 11) is 0. The molecule has 2 aromatic carbocycles. The molecule has 0 radical (unpaired) electrons. The lowest BCUT2D eigenvalue weighted by Gasteiger charge is -2.23.